The predicted molar refractivity (Wildman–Crippen MR) is 81.8 cm³/mol. The summed E-state index contributed by atoms with van der Waals surface area (Å²) in [5, 5.41) is 0. The maximum Gasteiger partial charge on any atom is 0.0413 e. The molecule has 18 heavy (non-hydrogen) atoms. The van der Waals surface area contributed by atoms with E-state index < -0.39 is 0 Å². The van der Waals surface area contributed by atoms with Gasteiger partial charge in [0, 0.05) is 25.5 Å². The molecule has 0 atom stereocenters. The molecule has 0 amide bonds. The van der Waals surface area contributed by atoms with Gasteiger partial charge in [-0.3, -0.25) is 9.98 Å². The van der Waals surface area contributed by atoms with Gasteiger partial charge in [-0.05, 0) is 49.4 Å². The molecule has 0 radical (unpaired) electrons. The van der Waals surface area contributed by atoms with Crippen molar-refractivity contribution in [3.63, 3.8) is 0 Å². The van der Waals surface area contributed by atoms with Crippen molar-refractivity contribution in [3.8, 4) is 0 Å². The van der Waals surface area contributed by atoms with Crippen LogP contribution < -0.4 is 0 Å². The van der Waals surface area contributed by atoms with Crippen molar-refractivity contribution >= 4 is 12.4 Å². The molecule has 0 N–H and O–H groups in total. The fourth-order valence-corrected chi connectivity index (χ4v) is 2.44. The Morgan fingerprint density at radius 3 is 1.39 bits per heavy atom. The van der Waals surface area contributed by atoms with Crippen LogP contribution in [0.25, 0.3) is 0 Å². The Bertz CT molecular complexity index is 230. The first-order chi connectivity index (χ1) is 8.58. The average Bonchev–Trinajstić information content (AvgIpc) is 2.30. The smallest absolute Gasteiger partial charge is 0.0413 e. The van der Waals surface area contributed by atoms with Crippen LogP contribution in [0.1, 0.15) is 53.4 Å². The van der Waals surface area contributed by atoms with Gasteiger partial charge in [-0.15, -0.1) is 0 Å². The largest absolute Gasteiger partial charge is 0.297 e. The fourth-order valence-electron chi connectivity index (χ4n) is 2.44. The van der Waals surface area contributed by atoms with Gasteiger partial charge in [-0.2, -0.15) is 0 Å². The monoisotopic (exact) mass is 250 g/mol. The van der Waals surface area contributed by atoms with E-state index in [1.54, 1.807) is 0 Å². The standard InChI is InChI=1S/C16H30N2/c1-13(2)9-17-11-15-5-7-16(8-6-15)12-18-10-14(3)4/h9-10,13-16H,5-8,11-12H2,1-4H3/b17-9+,18-10+. The zero-order valence-electron chi connectivity index (χ0n) is 12.6. The van der Waals surface area contributed by atoms with Gasteiger partial charge in [0.15, 0.2) is 0 Å². The molecule has 0 spiro atoms. The molecule has 0 heterocycles. The quantitative estimate of drug-likeness (QED) is 0.630. The second-order valence-electron chi connectivity index (χ2n) is 6.40. The summed E-state index contributed by atoms with van der Waals surface area (Å²) >= 11 is 0. The summed E-state index contributed by atoms with van der Waals surface area (Å²) in [4.78, 5) is 9.10. The highest BCUT2D eigenvalue weighted by Gasteiger charge is 2.20. The number of hydrogen-bond acceptors (Lipinski definition) is 2. The van der Waals surface area contributed by atoms with Crippen LogP contribution in [-0.2, 0) is 0 Å². The van der Waals surface area contributed by atoms with Crippen LogP contribution in [0.2, 0.25) is 0 Å². The van der Waals surface area contributed by atoms with Crippen LogP contribution in [0.5, 0.6) is 0 Å². The lowest BCUT2D eigenvalue weighted by Crippen LogP contribution is -2.18. The topological polar surface area (TPSA) is 24.7 Å². The lowest BCUT2D eigenvalue weighted by atomic mass is 9.82. The Hall–Kier alpha value is -0.660. The normalized spacial score (nSPS) is 25.9. The van der Waals surface area contributed by atoms with Gasteiger partial charge in [0.05, 0.1) is 0 Å². The molecule has 1 fully saturated rings. The SMILES string of the molecule is CC(C)/C=N/CC1CCC(C/N=C/C(C)C)CC1. The van der Waals surface area contributed by atoms with E-state index in [9.17, 15) is 0 Å². The lowest BCUT2D eigenvalue weighted by Gasteiger charge is -2.26. The van der Waals surface area contributed by atoms with E-state index in [0.717, 1.165) is 24.9 Å². The van der Waals surface area contributed by atoms with Crippen LogP contribution in [0.3, 0.4) is 0 Å². The van der Waals surface area contributed by atoms with Gasteiger partial charge in [0.25, 0.3) is 0 Å². The summed E-state index contributed by atoms with van der Waals surface area (Å²) in [7, 11) is 0. The third-order valence-electron chi connectivity index (χ3n) is 3.50. The van der Waals surface area contributed by atoms with Gasteiger partial charge < -0.3 is 0 Å². The molecule has 104 valence electrons. The molecule has 0 aromatic carbocycles. The van der Waals surface area contributed by atoms with Crippen LogP contribution in [0, 0.1) is 23.7 Å². The van der Waals surface area contributed by atoms with Crippen LogP contribution in [0.4, 0.5) is 0 Å². The summed E-state index contributed by atoms with van der Waals surface area (Å²) in [6.45, 7) is 10.8. The Morgan fingerprint density at radius 2 is 1.11 bits per heavy atom. The van der Waals surface area contributed by atoms with Crippen LogP contribution in [0.15, 0.2) is 9.98 Å². The second kappa shape index (κ2) is 8.44. The Labute approximate surface area is 113 Å². The molecule has 2 heteroatoms. The van der Waals surface area contributed by atoms with E-state index >= 15 is 0 Å². The molecule has 1 aliphatic carbocycles. The molecular formula is C16H30N2. The van der Waals surface area contributed by atoms with E-state index in [1.807, 2.05) is 0 Å². The minimum atomic E-state index is 0.590. The lowest BCUT2D eigenvalue weighted by molar-refractivity contribution is 0.286. The molecule has 0 bridgehead atoms. The molecule has 1 saturated carbocycles. The van der Waals surface area contributed by atoms with E-state index in [1.165, 1.54) is 25.7 Å². The molecule has 0 saturated heterocycles. The molecule has 1 aliphatic rings. The van der Waals surface area contributed by atoms with Gasteiger partial charge in [-0.1, -0.05) is 27.7 Å². The first kappa shape index (κ1) is 15.4. The third-order valence-corrected chi connectivity index (χ3v) is 3.50. The van der Waals surface area contributed by atoms with Gasteiger partial charge in [0.1, 0.15) is 0 Å². The van der Waals surface area contributed by atoms with Crippen molar-refractivity contribution in [1.82, 2.24) is 0 Å². The number of aliphatic imine (C=N–C) groups is 2. The zero-order chi connectivity index (χ0) is 13.4. The third kappa shape index (κ3) is 6.93. The summed E-state index contributed by atoms with van der Waals surface area (Å²) < 4.78 is 0. The van der Waals surface area contributed by atoms with Crippen LogP contribution >= 0.6 is 0 Å². The summed E-state index contributed by atoms with van der Waals surface area (Å²) in [6.07, 6.45) is 9.57. The van der Waals surface area contributed by atoms with Crippen molar-refractivity contribution in [2.24, 2.45) is 33.7 Å². The maximum absolute atomic E-state index is 4.55. The van der Waals surface area contributed by atoms with Crippen molar-refractivity contribution in [3.05, 3.63) is 0 Å². The number of nitrogens with zero attached hydrogens (tertiary/aromatic N) is 2. The summed E-state index contributed by atoms with van der Waals surface area (Å²) in [6, 6.07) is 0. The molecule has 1 rings (SSSR count). The molecule has 0 aromatic rings. The molecule has 0 aliphatic heterocycles. The highest BCUT2D eigenvalue weighted by atomic mass is 14.7. The summed E-state index contributed by atoms with van der Waals surface area (Å²) in [5.74, 6) is 2.83. The van der Waals surface area contributed by atoms with Crippen molar-refractivity contribution < 1.29 is 0 Å². The maximum atomic E-state index is 4.55. The Morgan fingerprint density at radius 1 is 0.778 bits per heavy atom. The number of rotatable bonds is 6. The van der Waals surface area contributed by atoms with E-state index in [0.29, 0.717) is 11.8 Å². The predicted octanol–water partition coefficient (Wildman–Crippen LogP) is 4.25. The first-order valence-corrected chi connectivity index (χ1v) is 7.57. The van der Waals surface area contributed by atoms with E-state index in [-0.39, 0.29) is 0 Å². The highest BCUT2D eigenvalue weighted by molar-refractivity contribution is 5.59. The van der Waals surface area contributed by atoms with Crippen LogP contribution in [-0.4, -0.2) is 25.5 Å². The molecular weight excluding hydrogens is 220 g/mol. The van der Waals surface area contributed by atoms with Gasteiger partial charge in [0.2, 0.25) is 0 Å². The van der Waals surface area contributed by atoms with Crippen molar-refractivity contribution in [1.29, 1.82) is 0 Å². The van der Waals surface area contributed by atoms with E-state index in [4.69, 9.17) is 0 Å². The minimum Gasteiger partial charge on any atom is -0.297 e. The molecule has 2 nitrogen and oxygen atoms in total. The fraction of sp³-hybridized carbons (Fsp3) is 0.875. The van der Waals surface area contributed by atoms with Gasteiger partial charge >= 0.3 is 0 Å². The minimum absolute atomic E-state index is 0.590. The first-order valence-electron chi connectivity index (χ1n) is 7.57. The highest BCUT2D eigenvalue weighted by Crippen LogP contribution is 2.29. The van der Waals surface area contributed by atoms with Crippen molar-refractivity contribution in [2.75, 3.05) is 13.1 Å². The molecule has 0 aromatic heterocycles. The van der Waals surface area contributed by atoms with E-state index in [2.05, 4.69) is 50.1 Å². The second-order valence-corrected chi connectivity index (χ2v) is 6.40. The molecule has 0 unspecified atom stereocenters. The summed E-state index contributed by atoms with van der Waals surface area (Å²) in [5.41, 5.74) is 0. The Kier molecular flexibility index (Phi) is 7.22. The Balaban J connectivity index is 2.16. The number of hydrogen-bond donors (Lipinski definition) is 0. The van der Waals surface area contributed by atoms with Gasteiger partial charge in [-0.25, -0.2) is 0 Å². The average molecular weight is 250 g/mol. The van der Waals surface area contributed by atoms with Crippen molar-refractivity contribution in [2.45, 2.75) is 53.4 Å². The zero-order valence-corrected chi connectivity index (χ0v) is 12.6.